The predicted octanol–water partition coefficient (Wildman–Crippen LogP) is 3.72. The first-order chi connectivity index (χ1) is 12.1. The minimum Gasteiger partial charge on any atom is -0.321 e. The van der Waals surface area contributed by atoms with Crippen molar-refractivity contribution in [1.82, 2.24) is 19.0 Å². The number of fused-ring (bicyclic) bond motifs is 1. The number of carbonyl (C=O) groups is 1. The van der Waals surface area contributed by atoms with Gasteiger partial charge in [-0.25, -0.2) is 4.98 Å². The number of rotatable bonds is 3. The van der Waals surface area contributed by atoms with Crippen LogP contribution >= 0.6 is 11.5 Å². The smallest absolute Gasteiger partial charge is 0.269 e. The summed E-state index contributed by atoms with van der Waals surface area (Å²) in [7, 11) is 0. The molecule has 7 heteroatoms. The molecule has 6 nitrogen and oxygen atoms in total. The molecule has 3 aromatic heterocycles. The molecule has 1 N–H and O–H groups in total. The number of carbonyl (C=O) groups excluding carboxylic acids is 1. The van der Waals surface area contributed by atoms with Crippen LogP contribution in [0.3, 0.4) is 0 Å². The third-order valence-electron chi connectivity index (χ3n) is 3.89. The number of aromatic nitrogens is 4. The Hall–Kier alpha value is -3.06. The van der Waals surface area contributed by atoms with E-state index in [9.17, 15) is 4.79 Å². The van der Waals surface area contributed by atoms with Crippen LogP contribution in [0.1, 0.15) is 20.9 Å². The second kappa shape index (κ2) is 6.10. The maximum absolute atomic E-state index is 12.3. The number of benzene rings is 1. The lowest BCUT2D eigenvalue weighted by atomic mass is 10.1. The summed E-state index contributed by atoms with van der Waals surface area (Å²) >= 11 is 1.09. The Morgan fingerprint density at radius 2 is 2.08 bits per heavy atom. The second-order valence-electron chi connectivity index (χ2n) is 5.82. The van der Waals surface area contributed by atoms with Gasteiger partial charge in [-0.2, -0.15) is 0 Å². The third-order valence-corrected chi connectivity index (χ3v) is 4.72. The molecule has 1 aromatic carbocycles. The lowest BCUT2D eigenvalue weighted by Crippen LogP contribution is -2.11. The van der Waals surface area contributed by atoms with Gasteiger partial charge in [-0.3, -0.25) is 4.79 Å². The lowest BCUT2D eigenvalue weighted by molar-refractivity contribution is 0.103. The van der Waals surface area contributed by atoms with Gasteiger partial charge in [-0.05, 0) is 55.2 Å². The molecule has 0 aliphatic carbocycles. The van der Waals surface area contributed by atoms with E-state index >= 15 is 0 Å². The van der Waals surface area contributed by atoms with Crippen molar-refractivity contribution in [3.8, 4) is 11.3 Å². The molecule has 25 heavy (non-hydrogen) atoms. The molecule has 0 radical (unpaired) electrons. The maximum atomic E-state index is 12.3. The maximum Gasteiger partial charge on any atom is 0.269 e. The summed E-state index contributed by atoms with van der Waals surface area (Å²) in [6.07, 6.45) is 3.97. The molecule has 0 saturated carbocycles. The van der Waals surface area contributed by atoms with Crippen molar-refractivity contribution in [3.63, 3.8) is 0 Å². The first kappa shape index (κ1) is 15.5. The van der Waals surface area contributed by atoms with Crippen LogP contribution in [0.4, 0.5) is 5.69 Å². The van der Waals surface area contributed by atoms with Crippen molar-refractivity contribution in [2.45, 2.75) is 13.8 Å². The van der Waals surface area contributed by atoms with Crippen molar-refractivity contribution in [1.29, 1.82) is 0 Å². The molecule has 0 saturated heterocycles. The fourth-order valence-electron chi connectivity index (χ4n) is 2.61. The Kier molecular flexibility index (Phi) is 3.77. The molecule has 0 aliphatic heterocycles. The molecule has 0 aliphatic rings. The summed E-state index contributed by atoms with van der Waals surface area (Å²) in [5.41, 5.74) is 5.21. The number of aryl methyl sites for hydroxylation is 2. The molecule has 0 spiro atoms. The molecule has 4 rings (SSSR count). The second-order valence-corrected chi connectivity index (χ2v) is 6.57. The van der Waals surface area contributed by atoms with E-state index in [-0.39, 0.29) is 5.91 Å². The number of nitrogens with one attached hydrogen (secondary N) is 1. The monoisotopic (exact) mass is 349 g/mol. The van der Waals surface area contributed by atoms with Crippen molar-refractivity contribution >= 4 is 28.8 Å². The molecule has 1 amide bonds. The van der Waals surface area contributed by atoms with Gasteiger partial charge >= 0.3 is 0 Å². The third kappa shape index (κ3) is 3.01. The van der Waals surface area contributed by atoms with Crippen molar-refractivity contribution in [3.05, 3.63) is 64.9 Å². The SMILES string of the molecule is Cc1ccn2cc(-c3cccc(NC(=O)c4snnc4C)c3)nc2c1. The molecule has 124 valence electrons. The standard InChI is InChI=1S/C18H15N5OS/c1-11-6-7-23-10-15(20-16(23)8-11)13-4-3-5-14(9-13)19-18(24)17-12(2)21-22-25-17/h3-10H,1-2H3,(H,19,24). The van der Waals surface area contributed by atoms with Gasteiger partial charge in [0.25, 0.3) is 5.91 Å². The average Bonchev–Trinajstić information content (AvgIpc) is 3.20. The Bertz CT molecular complexity index is 1080. The molecule has 0 bridgehead atoms. The molecule has 0 fully saturated rings. The van der Waals surface area contributed by atoms with Gasteiger partial charge < -0.3 is 9.72 Å². The number of hydrogen-bond donors (Lipinski definition) is 1. The topological polar surface area (TPSA) is 72.2 Å². The number of pyridine rings is 1. The fraction of sp³-hybridized carbons (Fsp3) is 0.111. The van der Waals surface area contributed by atoms with Crippen LogP contribution in [0.5, 0.6) is 0 Å². The average molecular weight is 349 g/mol. The summed E-state index contributed by atoms with van der Waals surface area (Å²) < 4.78 is 5.79. The lowest BCUT2D eigenvalue weighted by Gasteiger charge is -2.05. The van der Waals surface area contributed by atoms with Crippen molar-refractivity contribution in [2.75, 3.05) is 5.32 Å². The first-order valence-corrected chi connectivity index (χ1v) is 8.53. The first-order valence-electron chi connectivity index (χ1n) is 7.76. The number of imidazole rings is 1. The summed E-state index contributed by atoms with van der Waals surface area (Å²) in [6.45, 7) is 3.81. The van der Waals surface area contributed by atoms with E-state index in [1.165, 1.54) is 5.56 Å². The Labute approximate surface area is 148 Å². The summed E-state index contributed by atoms with van der Waals surface area (Å²) in [5.74, 6) is -0.199. The van der Waals surface area contributed by atoms with E-state index in [0.717, 1.165) is 28.4 Å². The zero-order valence-electron chi connectivity index (χ0n) is 13.7. The van der Waals surface area contributed by atoms with Gasteiger partial charge in [0.2, 0.25) is 0 Å². The van der Waals surface area contributed by atoms with E-state index in [2.05, 4.69) is 19.9 Å². The van der Waals surface area contributed by atoms with Crippen molar-refractivity contribution in [2.24, 2.45) is 0 Å². The highest BCUT2D eigenvalue weighted by Gasteiger charge is 2.14. The molecule has 0 atom stereocenters. The number of nitrogens with zero attached hydrogens (tertiary/aromatic N) is 4. The molecule has 0 unspecified atom stereocenters. The number of amides is 1. The largest absolute Gasteiger partial charge is 0.321 e. The van der Waals surface area contributed by atoms with Crippen LogP contribution in [-0.4, -0.2) is 24.9 Å². The summed E-state index contributed by atoms with van der Waals surface area (Å²) in [4.78, 5) is 17.5. The zero-order valence-corrected chi connectivity index (χ0v) is 14.5. The minimum absolute atomic E-state index is 0.199. The van der Waals surface area contributed by atoms with E-state index in [1.807, 2.05) is 60.1 Å². The normalized spacial score (nSPS) is 11.0. The van der Waals surface area contributed by atoms with E-state index in [4.69, 9.17) is 0 Å². The van der Waals surface area contributed by atoms with Gasteiger partial charge in [0.1, 0.15) is 10.5 Å². The predicted molar refractivity (Wildman–Crippen MR) is 98.0 cm³/mol. The molecular weight excluding hydrogens is 334 g/mol. The van der Waals surface area contributed by atoms with Crippen LogP contribution in [0, 0.1) is 13.8 Å². The molecule has 4 aromatic rings. The fourth-order valence-corrected chi connectivity index (χ4v) is 3.16. The van der Waals surface area contributed by atoms with Gasteiger partial charge in [-0.1, -0.05) is 16.6 Å². The Balaban J connectivity index is 1.64. The van der Waals surface area contributed by atoms with Gasteiger partial charge in [0.05, 0.1) is 11.4 Å². The minimum atomic E-state index is -0.199. The van der Waals surface area contributed by atoms with Crippen LogP contribution in [-0.2, 0) is 0 Å². The van der Waals surface area contributed by atoms with E-state index in [1.54, 1.807) is 6.92 Å². The van der Waals surface area contributed by atoms with E-state index < -0.39 is 0 Å². The van der Waals surface area contributed by atoms with Gasteiger partial charge in [0, 0.05) is 23.6 Å². The highest BCUT2D eigenvalue weighted by molar-refractivity contribution is 7.08. The Morgan fingerprint density at radius 1 is 1.20 bits per heavy atom. The van der Waals surface area contributed by atoms with Gasteiger partial charge in [-0.15, -0.1) is 5.10 Å². The summed E-state index contributed by atoms with van der Waals surface area (Å²) in [6, 6.07) is 11.7. The highest BCUT2D eigenvalue weighted by atomic mass is 32.1. The number of hydrogen-bond acceptors (Lipinski definition) is 5. The quantitative estimate of drug-likeness (QED) is 0.612. The highest BCUT2D eigenvalue weighted by Crippen LogP contribution is 2.23. The molecule has 3 heterocycles. The van der Waals surface area contributed by atoms with Crippen molar-refractivity contribution < 1.29 is 4.79 Å². The molecular formula is C18H15N5OS. The van der Waals surface area contributed by atoms with Crippen LogP contribution in [0.15, 0.2) is 48.8 Å². The zero-order chi connectivity index (χ0) is 17.4. The Morgan fingerprint density at radius 3 is 2.88 bits per heavy atom. The van der Waals surface area contributed by atoms with Crippen LogP contribution in [0.25, 0.3) is 16.9 Å². The summed E-state index contributed by atoms with van der Waals surface area (Å²) in [5, 5.41) is 6.77. The van der Waals surface area contributed by atoms with Crippen LogP contribution in [0.2, 0.25) is 0 Å². The van der Waals surface area contributed by atoms with Crippen LogP contribution < -0.4 is 5.32 Å². The van der Waals surface area contributed by atoms with E-state index in [0.29, 0.717) is 16.3 Å². The van der Waals surface area contributed by atoms with Gasteiger partial charge in [0.15, 0.2) is 0 Å². The number of anilines is 1.